The first-order chi connectivity index (χ1) is 10.3. The van der Waals surface area contributed by atoms with Crippen molar-refractivity contribution in [1.82, 2.24) is 5.32 Å². The van der Waals surface area contributed by atoms with Crippen LogP contribution in [0.2, 0.25) is 0 Å². The molecule has 0 radical (unpaired) electrons. The van der Waals surface area contributed by atoms with Gasteiger partial charge in [-0.3, -0.25) is 9.59 Å². The zero-order chi connectivity index (χ0) is 16.6. The van der Waals surface area contributed by atoms with Gasteiger partial charge in [0.2, 0.25) is 0 Å². The van der Waals surface area contributed by atoms with Crippen LogP contribution in [0.4, 0.5) is 0 Å². The van der Waals surface area contributed by atoms with Crippen LogP contribution in [0.25, 0.3) is 0 Å². The van der Waals surface area contributed by atoms with Crippen molar-refractivity contribution in [2.75, 3.05) is 13.2 Å². The van der Waals surface area contributed by atoms with Gasteiger partial charge < -0.3 is 10.1 Å². The molecule has 0 aliphatic rings. The largest absolute Gasteiger partial charge is 0.456 e. The van der Waals surface area contributed by atoms with Crippen LogP contribution in [0.1, 0.15) is 38.3 Å². The number of nitrogens with one attached hydrogen (secondary N) is 1. The van der Waals surface area contributed by atoms with Crippen molar-refractivity contribution in [2.45, 2.75) is 39.0 Å². The third-order valence-corrected chi connectivity index (χ3v) is 3.19. The number of carbonyl (C=O) groups excluding carboxylic acids is 2. The predicted octanol–water partition coefficient (Wildman–Crippen LogP) is 2.21. The Labute approximate surface area is 132 Å². The molecule has 0 atom stereocenters. The Morgan fingerprint density at radius 1 is 1.23 bits per heavy atom. The fourth-order valence-corrected chi connectivity index (χ4v) is 1.84. The van der Waals surface area contributed by atoms with Gasteiger partial charge in [-0.25, -0.2) is 0 Å². The summed E-state index contributed by atoms with van der Waals surface area (Å²) in [5, 5.41) is 2.43. The first-order valence-electron chi connectivity index (χ1n) is 7.28. The molecule has 0 saturated carbocycles. The van der Waals surface area contributed by atoms with Gasteiger partial charge in [0.05, 0.1) is 6.54 Å². The topological polar surface area (TPSA) is 55.4 Å². The molecule has 1 aromatic rings. The Morgan fingerprint density at radius 3 is 2.41 bits per heavy atom. The number of hydrogen-bond acceptors (Lipinski definition) is 3. The van der Waals surface area contributed by atoms with Crippen LogP contribution in [0.3, 0.4) is 0 Å². The fraction of sp³-hybridized carbons (Fsp3) is 0.444. The summed E-state index contributed by atoms with van der Waals surface area (Å²) in [7, 11) is 0. The lowest BCUT2D eigenvalue weighted by Crippen LogP contribution is -2.29. The van der Waals surface area contributed by atoms with Crippen molar-refractivity contribution >= 4 is 11.9 Å². The summed E-state index contributed by atoms with van der Waals surface area (Å²) >= 11 is 0. The molecule has 1 amide bonds. The lowest BCUT2D eigenvalue weighted by atomic mass is 9.86. The van der Waals surface area contributed by atoms with E-state index in [1.54, 1.807) is 0 Å². The standard InChI is InChI=1S/C18H23NO3/c1-5-12-19-16(20)13-22-17(21)11-8-14-6-9-15(10-7-14)18(2,3)4/h1,6-7,9-10H,8,11-13H2,2-4H3,(H,19,20). The zero-order valence-corrected chi connectivity index (χ0v) is 13.4. The Balaban J connectivity index is 2.35. The molecule has 4 heteroatoms. The minimum Gasteiger partial charge on any atom is -0.456 e. The molecule has 0 aromatic heterocycles. The quantitative estimate of drug-likeness (QED) is 0.647. The minimum atomic E-state index is -0.393. The molecule has 118 valence electrons. The molecule has 0 bridgehead atoms. The maximum Gasteiger partial charge on any atom is 0.306 e. The van der Waals surface area contributed by atoms with Gasteiger partial charge in [-0.1, -0.05) is 51.0 Å². The van der Waals surface area contributed by atoms with Crippen molar-refractivity contribution in [1.29, 1.82) is 0 Å². The highest BCUT2D eigenvalue weighted by Gasteiger charge is 2.13. The smallest absolute Gasteiger partial charge is 0.306 e. The third-order valence-electron chi connectivity index (χ3n) is 3.19. The van der Waals surface area contributed by atoms with Crippen LogP contribution in [0.5, 0.6) is 0 Å². The molecule has 0 heterocycles. The van der Waals surface area contributed by atoms with E-state index in [-0.39, 0.29) is 30.9 Å². The summed E-state index contributed by atoms with van der Waals surface area (Å²) in [6, 6.07) is 8.20. The van der Waals surface area contributed by atoms with Crippen LogP contribution in [0.15, 0.2) is 24.3 Å². The number of amides is 1. The van der Waals surface area contributed by atoms with Crippen molar-refractivity contribution in [3.05, 3.63) is 35.4 Å². The molecule has 0 aliphatic carbocycles. The number of ether oxygens (including phenoxy) is 1. The molecular formula is C18H23NO3. The number of hydrogen-bond donors (Lipinski definition) is 1. The first-order valence-corrected chi connectivity index (χ1v) is 7.28. The summed E-state index contributed by atoms with van der Waals surface area (Å²) in [5.41, 5.74) is 2.44. The monoisotopic (exact) mass is 301 g/mol. The number of benzene rings is 1. The number of aryl methyl sites for hydroxylation is 1. The van der Waals surface area contributed by atoms with Crippen LogP contribution in [-0.4, -0.2) is 25.0 Å². The van der Waals surface area contributed by atoms with E-state index in [4.69, 9.17) is 11.2 Å². The number of esters is 1. The highest BCUT2D eigenvalue weighted by atomic mass is 16.5. The van der Waals surface area contributed by atoms with Crippen molar-refractivity contribution < 1.29 is 14.3 Å². The van der Waals surface area contributed by atoms with E-state index in [2.05, 4.69) is 44.1 Å². The van der Waals surface area contributed by atoms with E-state index < -0.39 is 5.97 Å². The molecule has 22 heavy (non-hydrogen) atoms. The maximum atomic E-state index is 11.6. The normalized spacial score (nSPS) is 10.6. The molecule has 0 unspecified atom stereocenters. The van der Waals surface area contributed by atoms with Crippen LogP contribution >= 0.6 is 0 Å². The van der Waals surface area contributed by atoms with Gasteiger partial charge in [-0.15, -0.1) is 6.42 Å². The molecule has 0 fully saturated rings. The van der Waals surface area contributed by atoms with Crippen molar-refractivity contribution in [3.63, 3.8) is 0 Å². The fourth-order valence-electron chi connectivity index (χ4n) is 1.84. The Kier molecular flexibility index (Phi) is 6.65. The van der Waals surface area contributed by atoms with Crippen LogP contribution in [0, 0.1) is 12.3 Å². The van der Waals surface area contributed by atoms with Crippen LogP contribution in [-0.2, 0) is 26.2 Å². The first kappa shape index (κ1) is 17.8. The van der Waals surface area contributed by atoms with Gasteiger partial charge in [0.1, 0.15) is 0 Å². The van der Waals surface area contributed by atoms with Crippen LogP contribution < -0.4 is 5.32 Å². The molecule has 0 spiro atoms. The highest BCUT2D eigenvalue weighted by molar-refractivity contribution is 5.80. The lowest BCUT2D eigenvalue weighted by molar-refractivity contribution is -0.148. The van der Waals surface area contributed by atoms with E-state index >= 15 is 0 Å². The average molecular weight is 301 g/mol. The molecule has 0 aliphatic heterocycles. The van der Waals surface area contributed by atoms with Crippen molar-refractivity contribution in [2.24, 2.45) is 0 Å². The van der Waals surface area contributed by atoms with E-state index in [9.17, 15) is 9.59 Å². The van der Waals surface area contributed by atoms with Gasteiger partial charge in [0.15, 0.2) is 6.61 Å². The van der Waals surface area contributed by atoms with Crippen molar-refractivity contribution in [3.8, 4) is 12.3 Å². The molecule has 1 rings (SSSR count). The molecule has 1 N–H and O–H groups in total. The highest BCUT2D eigenvalue weighted by Crippen LogP contribution is 2.22. The summed E-state index contributed by atoms with van der Waals surface area (Å²) in [6.07, 6.45) is 5.85. The Bertz CT molecular complexity index is 547. The Morgan fingerprint density at radius 2 is 1.86 bits per heavy atom. The maximum absolute atomic E-state index is 11.6. The average Bonchev–Trinajstić information content (AvgIpc) is 2.48. The number of carbonyl (C=O) groups is 2. The molecule has 1 aromatic carbocycles. The predicted molar refractivity (Wildman–Crippen MR) is 86.3 cm³/mol. The summed E-state index contributed by atoms with van der Waals surface area (Å²) < 4.78 is 4.88. The second-order valence-electron chi connectivity index (χ2n) is 6.09. The molecule has 0 saturated heterocycles. The lowest BCUT2D eigenvalue weighted by Gasteiger charge is -2.19. The summed E-state index contributed by atoms with van der Waals surface area (Å²) in [5.74, 6) is 1.49. The van der Waals surface area contributed by atoms with Gasteiger partial charge in [-0.2, -0.15) is 0 Å². The van der Waals surface area contributed by atoms with E-state index in [1.165, 1.54) is 5.56 Å². The summed E-state index contributed by atoms with van der Waals surface area (Å²) in [6.45, 7) is 6.32. The second kappa shape index (κ2) is 8.23. The van der Waals surface area contributed by atoms with Gasteiger partial charge in [0, 0.05) is 6.42 Å². The van der Waals surface area contributed by atoms with E-state index in [0.29, 0.717) is 6.42 Å². The van der Waals surface area contributed by atoms with Gasteiger partial charge in [0.25, 0.3) is 5.91 Å². The number of terminal acetylenes is 1. The third kappa shape index (κ3) is 6.45. The van der Waals surface area contributed by atoms with Gasteiger partial charge >= 0.3 is 5.97 Å². The van der Waals surface area contributed by atoms with Gasteiger partial charge in [-0.05, 0) is 23.0 Å². The SMILES string of the molecule is C#CCNC(=O)COC(=O)CCc1ccc(C(C)(C)C)cc1. The molecular weight excluding hydrogens is 278 g/mol. The number of rotatable bonds is 6. The summed E-state index contributed by atoms with van der Waals surface area (Å²) in [4.78, 5) is 22.8. The molecule has 4 nitrogen and oxygen atoms in total. The minimum absolute atomic E-state index is 0.114. The van der Waals surface area contributed by atoms with E-state index in [1.807, 2.05) is 12.1 Å². The second-order valence-corrected chi connectivity index (χ2v) is 6.09. The zero-order valence-electron chi connectivity index (χ0n) is 13.4. The van der Waals surface area contributed by atoms with E-state index in [0.717, 1.165) is 5.56 Å². The Hall–Kier alpha value is -2.28.